The summed E-state index contributed by atoms with van der Waals surface area (Å²) in [6, 6.07) is 8.30. The van der Waals surface area contributed by atoms with Gasteiger partial charge in [-0.25, -0.2) is 0 Å². The first-order chi connectivity index (χ1) is 20.5. The summed E-state index contributed by atoms with van der Waals surface area (Å²) < 4.78 is 11.9. The highest BCUT2D eigenvalue weighted by molar-refractivity contribution is 5.95. The lowest BCUT2D eigenvalue weighted by atomic mass is 9.93. The number of amides is 4. The van der Waals surface area contributed by atoms with Gasteiger partial charge in [-0.05, 0) is 49.2 Å². The summed E-state index contributed by atoms with van der Waals surface area (Å²) in [5, 5.41) is 17.2. The van der Waals surface area contributed by atoms with E-state index in [4.69, 9.17) is 20.9 Å². The van der Waals surface area contributed by atoms with Crippen LogP contribution in [0, 0.1) is 11.3 Å². The van der Waals surface area contributed by atoms with E-state index in [1.807, 2.05) is 6.07 Å². The molecule has 0 spiro atoms. The molecular weight excluding hydrogens is 554 g/mol. The molecule has 13 heteroatoms. The first-order valence-corrected chi connectivity index (χ1v) is 14.0. The van der Waals surface area contributed by atoms with Crippen LogP contribution in [0.4, 0.5) is 0 Å². The molecule has 2 aromatic carbocycles. The summed E-state index contributed by atoms with van der Waals surface area (Å²) >= 11 is 0. The maximum atomic E-state index is 13.6. The highest BCUT2D eigenvalue weighted by atomic mass is 16.5. The molecule has 4 atom stereocenters. The molecule has 7 N–H and O–H groups in total. The lowest BCUT2D eigenvalue weighted by Crippen LogP contribution is -2.55. The molecule has 13 nitrogen and oxygen atoms in total. The van der Waals surface area contributed by atoms with Crippen molar-refractivity contribution in [3.05, 3.63) is 47.5 Å². The van der Waals surface area contributed by atoms with Crippen LogP contribution < -0.4 is 36.9 Å². The van der Waals surface area contributed by atoms with E-state index in [2.05, 4.69) is 16.0 Å². The lowest BCUT2D eigenvalue weighted by Gasteiger charge is -2.29. The summed E-state index contributed by atoms with van der Waals surface area (Å²) in [4.78, 5) is 53.8. The fraction of sp³-hybridized carbons (Fsp3) is 0.433. The molecule has 4 amide bonds. The van der Waals surface area contributed by atoms with Crippen molar-refractivity contribution in [3.8, 4) is 28.7 Å². The van der Waals surface area contributed by atoms with Gasteiger partial charge in [-0.1, -0.05) is 12.1 Å². The monoisotopic (exact) mass is 593 g/mol. The number of carbonyl (C=O) groups is 4. The zero-order chi connectivity index (χ0) is 31.7. The standard InChI is InChI=1S/C30H39N7O6/c1-17(16-33)34-29(40)24-14-20-5-7-25(42-11-9-31)22(13-20)23-15-21(6-8-26(23)43-12-10-32)27(37(4)19(3)38)30(41)35-18(2)28(39)36-24/h5-8,13,15,17-18,24,27H,9-12,14,31-32H2,1-4H3,(H,34,40)(H,35,41)(H,36,39)/t17-,18-,24-,27-/m0/s1. The van der Waals surface area contributed by atoms with Gasteiger partial charge in [-0.2, -0.15) is 5.26 Å². The van der Waals surface area contributed by atoms with Crippen LogP contribution >= 0.6 is 0 Å². The van der Waals surface area contributed by atoms with Crippen molar-refractivity contribution in [1.82, 2.24) is 20.9 Å². The van der Waals surface area contributed by atoms with Crippen molar-refractivity contribution < 1.29 is 28.7 Å². The van der Waals surface area contributed by atoms with Crippen molar-refractivity contribution in [2.45, 2.75) is 51.4 Å². The van der Waals surface area contributed by atoms with Crippen molar-refractivity contribution >= 4 is 23.6 Å². The van der Waals surface area contributed by atoms with E-state index < -0.39 is 41.9 Å². The Morgan fingerprint density at radius 2 is 1.65 bits per heavy atom. The van der Waals surface area contributed by atoms with E-state index in [1.165, 1.54) is 32.7 Å². The Labute approximate surface area is 250 Å². The van der Waals surface area contributed by atoms with Crippen LogP contribution in [-0.2, 0) is 25.6 Å². The topological polar surface area (TPSA) is 202 Å². The van der Waals surface area contributed by atoms with Crippen molar-refractivity contribution in [2.24, 2.45) is 11.5 Å². The Morgan fingerprint density at radius 3 is 2.23 bits per heavy atom. The smallest absolute Gasteiger partial charge is 0.248 e. The van der Waals surface area contributed by atoms with Crippen molar-refractivity contribution in [2.75, 3.05) is 33.4 Å². The van der Waals surface area contributed by atoms with Crippen LogP contribution in [0.5, 0.6) is 11.5 Å². The highest BCUT2D eigenvalue weighted by Gasteiger charge is 2.32. The van der Waals surface area contributed by atoms with Crippen LogP contribution in [0.2, 0.25) is 0 Å². The number of rotatable bonds is 9. The van der Waals surface area contributed by atoms with Gasteiger partial charge in [0, 0.05) is 44.6 Å². The fourth-order valence-corrected chi connectivity index (χ4v) is 4.61. The number of hydrogen-bond donors (Lipinski definition) is 5. The molecule has 0 aliphatic carbocycles. The Balaban J connectivity index is 2.29. The average molecular weight is 594 g/mol. The van der Waals surface area contributed by atoms with E-state index in [9.17, 15) is 24.4 Å². The van der Waals surface area contributed by atoms with E-state index in [-0.39, 0.29) is 38.6 Å². The first-order valence-electron chi connectivity index (χ1n) is 14.0. The number of nitrogens with one attached hydrogen (secondary N) is 3. The van der Waals surface area contributed by atoms with E-state index in [0.29, 0.717) is 33.8 Å². The Bertz CT molecular complexity index is 1390. The molecule has 2 aromatic rings. The molecule has 0 saturated carbocycles. The predicted molar refractivity (Wildman–Crippen MR) is 159 cm³/mol. The normalized spacial score (nSPS) is 19.0. The van der Waals surface area contributed by atoms with Gasteiger partial charge in [0.2, 0.25) is 23.6 Å². The van der Waals surface area contributed by atoms with E-state index in [0.717, 1.165) is 0 Å². The number of likely N-dealkylation sites (N-methyl/N-ethyl adjacent to an activating group) is 1. The minimum absolute atomic E-state index is 0.0644. The number of carbonyl (C=O) groups excluding carboxylic acids is 4. The molecule has 1 heterocycles. The van der Waals surface area contributed by atoms with Gasteiger partial charge >= 0.3 is 0 Å². The molecule has 0 saturated heterocycles. The van der Waals surface area contributed by atoms with Crippen LogP contribution in [0.3, 0.4) is 0 Å². The maximum Gasteiger partial charge on any atom is 0.248 e. The van der Waals surface area contributed by atoms with Gasteiger partial charge in [0.05, 0.1) is 6.07 Å². The van der Waals surface area contributed by atoms with Gasteiger partial charge in [0.1, 0.15) is 48.9 Å². The van der Waals surface area contributed by atoms with Gasteiger partial charge in [-0.3, -0.25) is 19.2 Å². The molecule has 3 rings (SSSR count). The quantitative estimate of drug-likeness (QED) is 0.268. The Morgan fingerprint density at radius 1 is 1.05 bits per heavy atom. The molecular formula is C30H39N7O6. The second-order valence-corrected chi connectivity index (χ2v) is 10.2. The summed E-state index contributed by atoms with van der Waals surface area (Å²) in [5.41, 5.74) is 13.7. The van der Waals surface area contributed by atoms with E-state index in [1.54, 1.807) is 36.4 Å². The van der Waals surface area contributed by atoms with Crippen LogP contribution in [0.25, 0.3) is 11.1 Å². The van der Waals surface area contributed by atoms with E-state index >= 15 is 0 Å². The molecule has 1 aliphatic rings. The summed E-state index contributed by atoms with van der Waals surface area (Å²) in [6.45, 7) is 5.28. The second kappa shape index (κ2) is 15.0. The minimum atomic E-state index is -1.11. The number of benzene rings is 2. The molecule has 4 bridgehead atoms. The summed E-state index contributed by atoms with van der Waals surface area (Å²) in [6.07, 6.45) is 0.0644. The lowest BCUT2D eigenvalue weighted by molar-refractivity contribution is -0.139. The molecule has 1 aliphatic heterocycles. The number of hydrogen-bond acceptors (Lipinski definition) is 9. The molecule has 230 valence electrons. The van der Waals surface area contributed by atoms with Gasteiger partial charge in [0.15, 0.2) is 0 Å². The SMILES string of the molecule is CC(=O)N(C)[C@@H]1C(=O)N[C@@H](C)C(=O)N[C@H](C(=O)N[C@@H](C)C#N)Cc2ccc(OCCN)c(c2)-c2cc1ccc2OCCN. The zero-order valence-electron chi connectivity index (χ0n) is 24.8. The highest BCUT2D eigenvalue weighted by Crippen LogP contribution is 2.40. The maximum absolute atomic E-state index is 13.6. The second-order valence-electron chi connectivity index (χ2n) is 10.2. The number of nitrogens with two attached hydrogens (primary N) is 2. The number of nitriles is 1. The van der Waals surface area contributed by atoms with Gasteiger partial charge < -0.3 is 41.8 Å². The predicted octanol–water partition coefficient (Wildman–Crippen LogP) is 0.122. The van der Waals surface area contributed by atoms with Crippen molar-refractivity contribution in [1.29, 1.82) is 5.26 Å². The van der Waals surface area contributed by atoms with Gasteiger partial charge in [-0.15, -0.1) is 0 Å². The Hall–Kier alpha value is -4.67. The fourth-order valence-electron chi connectivity index (χ4n) is 4.61. The summed E-state index contributed by atoms with van der Waals surface area (Å²) in [5.74, 6) is -1.24. The third kappa shape index (κ3) is 8.21. The number of nitrogens with zero attached hydrogens (tertiary/aromatic N) is 2. The van der Waals surface area contributed by atoms with Gasteiger partial charge in [0.25, 0.3) is 0 Å². The molecule has 0 unspecified atom stereocenters. The third-order valence-electron chi connectivity index (χ3n) is 6.91. The van der Waals surface area contributed by atoms with Crippen LogP contribution in [0.1, 0.15) is 37.9 Å². The number of ether oxygens (including phenoxy) is 2. The molecule has 43 heavy (non-hydrogen) atoms. The average Bonchev–Trinajstić information content (AvgIpc) is 2.98. The number of fused-ring (bicyclic) bond motifs is 5. The molecule has 0 fully saturated rings. The first kappa shape index (κ1) is 32.8. The molecule has 0 aromatic heterocycles. The molecule has 0 radical (unpaired) electrons. The van der Waals surface area contributed by atoms with Crippen molar-refractivity contribution in [3.63, 3.8) is 0 Å². The van der Waals surface area contributed by atoms with Crippen LogP contribution in [-0.4, -0.2) is 80.0 Å². The minimum Gasteiger partial charge on any atom is -0.492 e. The zero-order valence-corrected chi connectivity index (χ0v) is 24.8. The Kier molecular flexibility index (Phi) is 11.4. The third-order valence-corrected chi connectivity index (χ3v) is 6.91. The largest absolute Gasteiger partial charge is 0.492 e. The van der Waals surface area contributed by atoms with Crippen LogP contribution in [0.15, 0.2) is 36.4 Å². The summed E-state index contributed by atoms with van der Waals surface area (Å²) in [7, 11) is 1.49.